The molecule has 5 rings (SSSR count). The monoisotopic (exact) mass is 480 g/mol. The van der Waals surface area contributed by atoms with Gasteiger partial charge in [-0.1, -0.05) is 12.1 Å². The van der Waals surface area contributed by atoms with E-state index < -0.39 is 6.09 Å². The Bertz CT molecular complexity index is 1180. The Morgan fingerprint density at radius 2 is 2.00 bits per heavy atom. The lowest BCUT2D eigenvalue weighted by atomic mass is 9.98. The Labute approximate surface area is 200 Å². The Hall–Kier alpha value is -3.53. The number of fused-ring (bicyclic) bond motifs is 2. The van der Waals surface area contributed by atoms with E-state index in [9.17, 15) is 19.2 Å². The third-order valence-electron chi connectivity index (χ3n) is 6.05. The number of hydrogen-bond donors (Lipinski definition) is 3. The summed E-state index contributed by atoms with van der Waals surface area (Å²) in [6, 6.07) is 11.0. The summed E-state index contributed by atoms with van der Waals surface area (Å²) in [5.74, 6) is 0.00779. The molecule has 0 saturated carbocycles. The van der Waals surface area contributed by atoms with Crippen LogP contribution in [0.5, 0.6) is 0 Å². The second-order valence-corrected chi connectivity index (χ2v) is 9.44. The molecule has 0 spiro atoms. The highest BCUT2D eigenvalue weighted by Gasteiger charge is 2.32. The van der Waals surface area contributed by atoms with Crippen LogP contribution in [0, 0.1) is 0 Å². The van der Waals surface area contributed by atoms with Crippen molar-refractivity contribution in [2.24, 2.45) is 0 Å². The highest BCUT2D eigenvalue weighted by atomic mass is 32.2. The number of carbonyl (C=O) groups is 4. The van der Waals surface area contributed by atoms with Crippen LogP contribution in [0.4, 0.5) is 21.9 Å². The van der Waals surface area contributed by atoms with E-state index in [-0.39, 0.29) is 23.8 Å². The number of aryl methyl sites for hydroxylation is 1. The molecule has 0 radical (unpaired) electrons. The van der Waals surface area contributed by atoms with Crippen molar-refractivity contribution in [2.45, 2.75) is 36.7 Å². The Balaban J connectivity index is 1.13. The molecule has 3 heterocycles. The van der Waals surface area contributed by atoms with Gasteiger partial charge in [-0.15, -0.1) is 11.8 Å². The maximum atomic E-state index is 12.7. The van der Waals surface area contributed by atoms with Crippen LogP contribution in [0.1, 0.15) is 35.2 Å². The fourth-order valence-electron chi connectivity index (χ4n) is 4.34. The minimum absolute atomic E-state index is 0.0584. The number of nitrogens with zero attached hydrogens (tertiary/aromatic N) is 1. The van der Waals surface area contributed by atoms with Gasteiger partial charge >= 0.3 is 6.09 Å². The van der Waals surface area contributed by atoms with Crippen LogP contribution in [0.15, 0.2) is 41.3 Å². The molecule has 0 aliphatic carbocycles. The number of hydrogen-bond acceptors (Lipinski definition) is 6. The number of amides is 4. The summed E-state index contributed by atoms with van der Waals surface area (Å²) in [4.78, 5) is 51.0. The fraction of sp³-hybridized carbons (Fsp3) is 0.333. The van der Waals surface area contributed by atoms with Crippen LogP contribution < -0.4 is 20.9 Å². The minimum atomic E-state index is -0.421. The predicted molar refractivity (Wildman–Crippen MR) is 128 cm³/mol. The summed E-state index contributed by atoms with van der Waals surface area (Å²) in [6.07, 6.45) is 1.58. The van der Waals surface area contributed by atoms with Crippen molar-refractivity contribution >= 4 is 52.6 Å². The minimum Gasteiger partial charge on any atom is -0.444 e. The van der Waals surface area contributed by atoms with E-state index >= 15 is 0 Å². The Morgan fingerprint density at radius 1 is 1.12 bits per heavy atom. The molecular weight excluding hydrogens is 456 g/mol. The number of rotatable bonds is 6. The molecule has 34 heavy (non-hydrogen) atoms. The van der Waals surface area contributed by atoms with Crippen molar-refractivity contribution in [3.63, 3.8) is 0 Å². The summed E-state index contributed by atoms with van der Waals surface area (Å²) >= 11 is 1.47. The van der Waals surface area contributed by atoms with E-state index in [1.165, 1.54) is 11.8 Å². The highest BCUT2D eigenvalue weighted by molar-refractivity contribution is 8.00. The van der Waals surface area contributed by atoms with Crippen molar-refractivity contribution in [3.8, 4) is 0 Å². The van der Waals surface area contributed by atoms with Gasteiger partial charge in [0.15, 0.2) is 0 Å². The van der Waals surface area contributed by atoms with Gasteiger partial charge in [0.1, 0.15) is 6.10 Å². The highest BCUT2D eigenvalue weighted by Crippen LogP contribution is 2.35. The number of nitrogens with one attached hydrogen (secondary N) is 3. The number of anilines is 3. The number of benzene rings is 2. The van der Waals surface area contributed by atoms with Crippen molar-refractivity contribution in [1.29, 1.82) is 0 Å². The molecule has 176 valence electrons. The van der Waals surface area contributed by atoms with Crippen LogP contribution in [-0.4, -0.2) is 48.8 Å². The number of thioether (sulfide) groups is 1. The Kier molecular flexibility index (Phi) is 6.14. The molecule has 1 fully saturated rings. The summed E-state index contributed by atoms with van der Waals surface area (Å²) in [5, 5.41) is 8.53. The topological polar surface area (TPSA) is 117 Å². The van der Waals surface area contributed by atoms with Gasteiger partial charge in [-0.2, -0.15) is 0 Å². The van der Waals surface area contributed by atoms with Gasteiger partial charge in [-0.3, -0.25) is 19.3 Å². The Morgan fingerprint density at radius 3 is 2.88 bits per heavy atom. The van der Waals surface area contributed by atoms with Gasteiger partial charge in [0.25, 0.3) is 5.91 Å². The zero-order chi connectivity index (χ0) is 23.7. The number of ether oxygens (including phenoxy) is 1. The van der Waals surface area contributed by atoms with E-state index in [0.717, 1.165) is 10.5 Å². The first-order valence-electron chi connectivity index (χ1n) is 11.2. The zero-order valence-corrected chi connectivity index (χ0v) is 19.2. The number of carbonyl (C=O) groups excluding carboxylic acids is 4. The molecule has 4 amide bonds. The molecule has 0 bridgehead atoms. The van der Waals surface area contributed by atoms with Gasteiger partial charge < -0.3 is 20.7 Å². The summed E-state index contributed by atoms with van der Waals surface area (Å²) in [5.41, 5.74) is 3.40. The van der Waals surface area contributed by atoms with Crippen LogP contribution in [0.3, 0.4) is 0 Å². The summed E-state index contributed by atoms with van der Waals surface area (Å²) in [6.45, 7) is 0.831. The average molecular weight is 481 g/mol. The van der Waals surface area contributed by atoms with Crippen molar-refractivity contribution in [3.05, 3.63) is 47.5 Å². The van der Waals surface area contributed by atoms with E-state index in [2.05, 4.69) is 16.0 Å². The molecular formula is C24H24N4O5S. The van der Waals surface area contributed by atoms with Gasteiger partial charge in [-0.05, 0) is 49.1 Å². The molecule has 1 atom stereocenters. The molecule has 2 aromatic carbocycles. The first-order chi connectivity index (χ1) is 16.5. The quantitative estimate of drug-likeness (QED) is 0.547. The second kappa shape index (κ2) is 9.38. The predicted octanol–water partition coefficient (Wildman–Crippen LogP) is 3.15. The van der Waals surface area contributed by atoms with Crippen molar-refractivity contribution in [2.75, 3.05) is 34.4 Å². The average Bonchev–Trinajstić information content (AvgIpc) is 3.21. The normalized spacial score (nSPS) is 19.0. The third-order valence-corrected chi connectivity index (χ3v) is 7.12. The zero-order valence-electron chi connectivity index (χ0n) is 18.4. The molecule has 2 aromatic rings. The van der Waals surface area contributed by atoms with Crippen LogP contribution in [0.25, 0.3) is 0 Å². The van der Waals surface area contributed by atoms with Crippen molar-refractivity contribution < 1.29 is 23.9 Å². The van der Waals surface area contributed by atoms with Gasteiger partial charge in [0, 0.05) is 23.5 Å². The lowest BCUT2D eigenvalue weighted by molar-refractivity contribution is -0.116. The lowest BCUT2D eigenvalue weighted by Crippen LogP contribution is -2.29. The van der Waals surface area contributed by atoms with Crippen LogP contribution in [0.2, 0.25) is 0 Å². The van der Waals surface area contributed by atoms with Gasteiger partial charge in [-0.25, -0.2) is 4.79 Å². The molecule has 0 unspecified atom stereocenters. The molecule has 0 aromatic heterocycles. The summed E-state index contributed by atoms with van der Waals surface area (Å²) in [7, 11) is 0. The first kappa shape index (κ1) is 22.3. The molecule has 3 aliphatic heterocycles. The van der Waals surface area contributed by atoms with Crippen LogP contribution in [-0.2, 0) is 20.7 Å². The SMILES string of the molecule is O=C1CSc2ccc(N3C[C@@H](CCCNC(=O)c4cccc5c4NC(=O)CC5)OC3=O)cc2N1. The molecule has 3 N–H and O–H groups in total. The molecule has 10 heteroatoms. The fourth-order valence-corrected chi connectivity index (χ4v) is 5.13. The van der Waals surface area contributed by atoms with Gasteiger partial charge in [0.05, 0.1) is 29.2 Å². The molecule has 1 saturated heterocycles. The number of para-hydroxylation sites is 1. The second-order valence-electron chi connectivity index (χ2n) is 8.42. The maximum absolute atomic E-state index is 12.7. The third kappa shape index (κ3) is 4.58. The van der Waals surface area contributed by atoms with E-state index in [1.54, 1.807) is 17.0 Å². The lowest BCUT2D eigenvalue weighted by Gasteiger charge is -2.20. The standard InChI is InChI=1S/C24H24N4O5S/c29-20-9-6-14-3-1-5-17(22(14)27-20)23(31)25-10-2-4-16-12-28(24(32)33-16)15-7-8-19-18(11-15)26-21(30)13-34-19/h1,3,5,7-8,11,16H,2,4,6,9-10,12-13H2,(H,25,31)(H,26,30)(H,27,29)/t16-/m1/s1. The van der Waals surface area contributed by atoms with Gasteiger partial charge in [0.2, 0.25) is 11.8 Å². The largest absolute Gasteiger partial charge is 0.444 e. The van der Waals surface area contributed by atoms with E-state index in [1.807, 2.05) is 24.3 Å². The summed E-state index contributed by atoms with van der Waals surface area (Å²) < 4.78 is 5.51. The van der Waals surface area contributed by atoms with E-state index in [0.29, 0.717) is 67.2 Å². The van der Waals surface area contributed by atoms with E-state index in [4.69, 9.17) is 4.74 Å². The number of cyclic esters (lactones) is 1. The molecule has 3 aliphatic rings. The smallest absolute Gasteiger partial charge is 0.414 e. The maximum Gasteiger partial charge on any atom is 0.414 e. The first-order valence-corrected chi connectivity index (χ1v) is 12.2. The van der Waals surface area contributed by atoms with Crippen molar-refractivity contribution in [1.82, 2.24) is 5.32 Å². The molecule has 9 nitrogen and oxygen atoms in total. The van der Waals surface area contributed by atoms with Crippen LogP contribution >= 0.6 is 11.8 Å².